The van der Waals surface area contributed by atoms with Gasteiger partial charge in [-0.05, 0) is 65.7 Å². The van der Waals surface area contributed by atoms with Crippen LogP contribution in [-0.2, 0) is 0 Å². The molecule has 4 heteroatoms. The topological polar surface area (TPSA) is 21.3 Å². The molecule has 3 heterocycles. The number of fused-ring (bicyclic) bond motifs is 9. The van der Waals surface area contributed by atoms with Crippen molar-refractivity contribution in [2.75, 3.05) is 4.90 Å². The summed E-state index contributed by atoms with van der Waals surface area (Å²) in [5.41, 5.74) is 10.9. The number of hydrogen-bond acceptors (Lipinski definition) is 3. The quantitative estimate of drug-likeness (QED) is 0.180. The number of nitrogens with zero attached hydrogens (tertiary/aromatic N) is 2. The molecule has 0 aliphatic rings. The number of benzene rings is 8. The predicted octanol–water partition coefficient (Wildman–Crippen LogP) is 14.2. The Morgan fingerprint density at radius 2 is 1.08 bits per heavy atom. The summed E-state index contributed by atoms with van der Waals surface area (Å²) in [4.78, 5) is 2.46. The van der Waals surface area contributed by atoms with Gasteiger partial charge >= 0.3 is 0 Å². The number of hydrogen-bond donors (Lipinski definition) is 0. The molecule has 0 N–H and O–H groups in total. The Kier molecular flexibility index (Phi) is 6.42. The third kappa shape index (κ3) is 4.25. The lowest BCUT2D eigenvalue weighted by Gasteiger charge is -2.28. The molecule has 0 unspecified atom stereocenters. The normalized spacial score (nSPS) is 11.8. The maximum atomic E-state index is 6.81. The third-order valence-electron chi connectivity index (χ3n) is 10.4. The first-order valence-corrected chi connectivity index (χ1v) is 18.4. The lowest BCUT2D eigenvalue weighted by Crippen LogP contribution is -2.11. The van der Waals surface area contributed by atoms with E-state index in [1.165, 1.54) is 47.6 Å². The van der Waals surface area contributed by atoms with Gasteiger partial charge in [0.25, 0.3) is 0 Å². The molecule has 0 atom stereocenters. The highest BCUT2D eigenvalue weighted by Gasteiger charge is 2.27. The zero-order chi connectivity index (χ0) is 34.2. The van der Waals surface area contributed by atoms with Gasteiger partial charge in [0.1, 0.15) is 5.58 Å². The first-order chi connectivity index (χ1) is 25.8. The van der Waals surface area contributed by atoms with E-state index in [9.17, 15) is 0 Å². The molecule has 0 aliphatic heterocycles. The van der Waals surface area contributed by atoms with Gasteiger partial charge in [-0.15, -0.1) is 11.3 Å². The molecule has 8 aromatic carbocycles. The molecule has 0 bridgehead atoms. The van der Waals surface area contributed by atoms with Crippen LogP contribution in [0, 0.1) is 0 Å². The van der Waals surface area contributed by atoms with Gasteiger partial charge in [-0.1, -0.05) is 127 Å². The number of aromatic nitrogens is 1. The second-order valence-corrected chi connectivity index (χ2v) is 14.3. The Morgan fingerprint density at radius 3 is 1.94 bits per heavy atom. The van der Waals surface area contributed by atoms with Crippen LogP contribution in [0.4, 0.5) is 17.1 Å². The molecular formula is C48H30N2OS. The monoisotopic (exact) mass is 682 g/mol. The first kappa shape index (κ1) is 29.1. The van der Waals surface area contributed by atoms with E-state index in [0.717, 1.165) is 50.2 Å². The highest BCUT2D eigenvalue weighted by Crippen LogP contribution is 2.52. The average molecular weight is 683 g/mol. The van der Waals surface area contributed by atoms with E-state index in [0.29, 0.717) is 0 Å². The molecule has 0 aliphatic carbocycles. The van der Waals surface area contributed by atoms with Gasteiger partial charge in [0, 0.05) is 47.4 Å². The summed E-state index contributed by atoms with van der Waals surface area (Å²) < 4.78 is 11.7. The maximum Gasteiger partial charge on any atom is 0.159 e. The van der Waals surface area contributed by atoms with E-state index < -0.39 is 0 Å². The fraction of sp³-hybridized carbons (Fsp3) is 0. The van der Waals surface area contributed by atoms with Crippen LogP contribution in [0.3, 0.4) is 0 Å². The molecule has 0 saturated carbocycles. The minimum Gasteiger partial charge on any atom is -0.454 e. The minimum atomic E-state index is 0.868. The summed E-state index contributed by atoms with van der Waals surface area (Å²) in [5.74, 6) is 0. The molecule has 244 valence electrons. The van der Waals surface area contributed by atoms with Gasteiger partial charge in [0.15, 0.2) is 5.58 Å². The summed E-state index contributed by atoms with van der Waals surface area (Å²) in [6.07, 6.45) is 0. The van der Waals surface area contributed by atoms with E-state index >= 15 is 0 Å². The summed E-state index contributed by atoms with van der Waals surface area (Å²) >= 11 is 1.87. The maximum absolute atomic E-state index is 6.81. The zero-order valence-electron chi connectivity index (χ0n) is 28.0. The van der Waals surface area contributed by atoms with E-state index in [1.807, 2.05) is 17.4 Å². The van der Waals surface area contributed by atoms with Crippen molar-refractivity contribution >= 4 is 92.3 Å². The van der Waals surface area contributed by atoms with Crippen LogP contribution in [0.25, 0.3) is 80.7 Å². The van der Waals surface area contributed by atoms with Gasteiger partial charge in [0.2, 0.25) is 0 Å². The van der Waals surface area contributed by atoms with Crippen LogP contribution in [0.2, 0.25) is 0 Å². The molecule has 3 nitrogen and oxygen atoms in total. The predicted molar refractivity (Wildman–Crippen MR) is 221 cm³/mol. The van der Waals surface area contributed by atoms with E-state index in [4.69, 9.17) is 4.42 Å². The first-order valence-electron chi connectivity index (χ1n) is 17.6. The molecule has 0 spiro atoms. The van der Waals surface area contributed by atoms with Crippen molar-refractivity contribution in [3.05, 3.63) is 182 Å². The highest BCUT2D eigenvalue weighted by molar-refractivity contribution is 7.26. The molecule has 0 saturated heterocycles. The number of anilines is 3. The standard InChI is InChI=1S/C48H30N2OS/c1-3-15-31(16-4-1)33-29-30-41(46-37-21-9-12-28-44(37)52-48(33)46)50(42-26-13-22-35-34-19-8-11-27-43(34)51-47(35)42)40-25-14-24-39-45(40)36-20-7-10-23-38(36)49(39)32-17-5-2-6-18-32/h1-30H. The SMILES string of the molecule is c1ccc(-c2ccc(N(c3cccc4c3oc3ccccc34)c3cccc4c3c3ccccc3n4-c3ccccc3)c3c2sc2ccccc23)cc1. The Bertz CT molecular complexity index is 3120. The molecule has 3 aromatic heterocycles. The smallest absolute Gasteiger partial charge is 0.159 e. The largest absolute Gasteiger partial charge is 0.454 e. The van der Waals surface area contributed by atoms with Gasteiger partial charge in [-0.3, -0.25) is 0 Å². The fourth-order valence-electron chi connectivity index (χ4n) is 8.18. The molecule has 11 aromatic rings. The van der Waals surface area contributed by atoms with Crippen molar-refractivity contribution in [2.45, 2.75) is 0 Å². The Balaban J connectivity index is 1.31. The van der Waals surface area contributed by atoms with Crippen molar-refractivity contribution < 1.29 is 4.42 Å². The summed E-state index contributed by atoms with van der Waals surface area (Å²) in [5, 5.41) is 7.09. The molecule has 11 rings (SSSR count). The van der Waals surface area contributed by atoms with Crippen LogP contribution < -0.4 is 4.90 Å². The van der Waals surface area contributed by atoms with E-state index in [2.05, 4.69) is 185 Å². The number of furan rings is 1. The second-order valence-electron chi connectivity index (χ2n) is 13.2. The van der Waals surface area contributed by atoms with Crippen molar-refractivity contribution in [1.82, 2.24) is 4.57 Å². The highest BCUT2D eigenvalue weighted by atomic mass is 32.1. The Labute approximate surface area is 303 Å². The third-order valence-corrected chi connectivity index (χ3v) is 11.6. The fourth-order valence-corrected chi connectivity index (χ4v) is 9.44. The number of para-hydroxylation sites is 4. The second kappa shape index (κ2) is 11.5. The van der Waals surface area contributed by atoms with Crippen LogP contribution in [0.5, 0.6) is 0 Å². The van der Waals surface area contributed by atoms with E-state index in [1.54, 1.807) is 0 Å². The Morgan fingerprint density at radius 1 is 0.442 bits per heavy atom. The van der Waals surface area contributed by atoms with Crippen LogP contribution in [0.15, 0.2) is 186 Å². The summed E-state index contributed by atoms with van der Waals surface area (Å²) in [6, 6.07) is 65.3. The summed E-state index contributed by atoms with van der Waals surface area (Å²) in [7, 11) is 0. The van der Waals surface area contributed by atoms with Gasteiger partial charge in [0.05, 0.1) is 28.1 Å². The van der Waals surface area contributed by atoms with Crippen LogP contribution >= 0.6 is 11.3 Å². The minimum absolute atomic E-state index is 0.868. The van der Waals surface area contributed by atoms with Gasteiger partial charge < -0.3 is 13.9 Å². The van der Waals surface area contributed by atoms with Gasteiger partial charge in [-0.25, -0.2) is 0 Å². The van der Waals surface area contributed by atoms with Crippen LogP contribution in [0.1, 0.15) is 0 Å². The Hall–Kier alpha value is -6.62. The number of rotatable bonds is 5. The van der Waals surface area contributed by atoms with E-state index in [-0.39, 0.29) is 0 Å². The molecule has 52 heavy (non-hydrogen) atoms. The molecule has 0 radical (unpaired) electrons. The number of thiophene rings is 1. The zero-order valence-corrected chi connectivity index (χ0v) is 28.8. The lowest BCUT2D eigenvalue weighted by molar-refractivity contribution is 0.669. The molecule has 0 amide bonds. The van der Waals surface area contributed by atoms with Crippen molar-refractivity contribution in [1.29, 1.82) is 0 Å². The summed E-state index contributed by atoms with van der Waals surface area (Å²) in [6.45, 7) is 0. The molecular weight excluding hydrogens is 653 g/mol. The average Bonchev–Trinajstić information content (AvgIpc) is 3.89. The van der Waals surface area contributed by atoms with Crippen molar-refractivity contribution in [2.24, 2.45) is 0 Å². The van der Waals surface area contributed by atoms with Crippen molar-refractivity contribution in [3.8, 4) is 16.8 Å². The lowest BCUT2D eigenvalue weighted by atomic mass is 9.99. The van der Waals surface area contributed by atoms with Crippen molar-refractivity contribution in [3.63, 3.8) is 0 Å². The van der Waals surface area contributed by atoms with Crippen LogP contribution in [-0.4, -0.2) is 4.57 Å². The molecule has 0 fully saturated rings. The van der Waals surface area contributed by atoms with Gasteiger partial charge in [-0.2, -0.15) is 0 Å².